The van der Waals surface area contributed by atoms with E-state index in [0.29, 0.717) is 41.9 Å². The Bertz CT molecular complexity index is 1250. The first-order valence-electron chi connectivity index (χ1n) is 11.6. The van der Waals surface area contributed by atoms with Gasteiger partial charge in [-0.15, -0.1) is 0 Å². The molecule has 3 aromatic carbocycles. The number of aliphatic imine (C=N–C) groups is 1. The maximum absolute atomic E-state index is 12.9. The third-order valence-corrected chi connectivity index (χ3v) is 6.32. The van der Waals surface area contributed by atoms with Crippen LogP contribution in [0.1, 0.15) is 12.0 Å². The van der Waals surface area contributed by atoms with Gasteiger partial charge in [0, 0.05) is 37.3 Å². The van der Waals surface area contributed by atoms with Gasteiger partial charge in [0.05, 0.1) is 12.7 Å². The summed E-state index contributed by atoms with van der Waals surface area (Å²) in [6.07, 6.45) is 0.819. The first kappa shape index (κ1) is 23.1. The highest BCUT2D eigenvalue weighted by Gasteiger charge is 2.26. The van der Waals surface area contributed by atoms with E-state index in [1.165, 1.54) is 0 Å². The molecule has 2 heterocycles. The van der Waals surface area contributed by atoms with Crippen molar-refractivity contribution in [3.8, 4) is 23.0 Å². The lowest BCUT2D eigenvalue weighted by atomic mass is 10.1. The summed E-state index contributed by atoms with van der Waals surface area (Å²) < 4.78 is 17.3. The van der Waals surface area contributed by atoms with Crippen molar-refractivity contribution >= 4 is 29.0 Å². The van der Waals surface area contributed by atoms with Gasteiger partial charge in [0.25, 0.3) is 5.91 Å². The Morgan fingerprint density at radius 3 is 2.60 bits per heavy atom. The number of rotatable bonds is 4. The largest absolute Gasteiger partial charge is 0.497 e. The lowest BCUT2D eigenvalue weighted by Crippen LogP contribution is -2.39. The quantitative estimate of drug-likeness (QED) is 0.505. The zero-order chi connectivity index (χ0) is 24.2. The molecule has 0 aromatic heterocycles. The van der Waals surface area contributed by atoms with Crippen LogP contribution in [0.15, 0.2) is 71.7 Å². The van der Waals surface area contributed by atoms with Gasteiger partial charge in [-0.25, -0.2) is 4.99 Å². The van der Waals surface area contributed by atoms with Crippen molar-refractivity contribution in [2.45, 2.75) is 6.42 Å². The molecule has 7 nitrogen and oxygen atoms in total. The number of benzene rings is 3. The number of carbonyl (C=O) groups is 1. The average molecular weight is 492 g/mol. The molecule has 8 heteroatoms. The number of carbonyl (C=O) groups excluding carboxylic acids is 1. The van der Waals surface area contributed by atoms with Gasteiger partial charge in [0.15, 0.2) is 12.4 Å². The summed E-state index contributed by atoms with van der Waals surface area (Å²) in [4.78, 5) is 21.9. The van der Waals surface area contributed by atoms with E-state index < -0.39 is 0 Å². The predicted octanol–water partition coefficient (Wildman–Crippen LogP) is 5.15. The lowest BCUT2D eigenvalue weighted by Gasteiger charge is -2.25. The summed E-state index contributed by atoms with van der Waals surface area (Å²) in [5.41, 5.74) is 1.67. The van der Waals surface area contributed by atoms with Crippen LogP contribution in [-0.2, 0) is 4.79 Å². The van der Waals surface area contributed by atoms with E-state index in [1.807, 2.05) is 47.4 Å². The molecule has 1 saturated heterocycles. The zero-order valence-electron chi connectivity index (χ0n) is 19.4. The van der Waals surface area contributed by atoms with Crippen LogP contribution >= 0.6 is 11.6 Å². The van der Waals surface area contributed by atoms with E-state index in [9.17, 15) is 4.79 Å². The van der Waals surface area contributed by atoms with E-state index >= 15 is 0 Å². The van der Waals surface area contributed by atoms with Crippen LogP contribution in [0.25, 0.3) is 0 Å². The minimum Gasteiger partial charge on any atom is -0.497 e. The summed E-state index contributed by atoms with van der Waals surface area (Å²) in [5.74, 6) is 3.53. The molecule has 1 fully saturated rings. The monoisotopic (exact) mass is 491 g/mol. The minimum absolute atomic E-state index is 0.00752. The van der Waals surface area contributed by atoms with Crippen LogP contribution in [0.2, 0.25) is 5.02 Å². The molecule has 35 heavy (non-hydrogen) atoms. The Balaban J connectivity index is 1.33. The van der Waals surface area contributed by atoms with E-state index in [4.69, 9.17) is 30.8 Å². The second-order valence-electron chi connectivity index (χ2n) is 8.33. The lowest BCUT2D eigenvalue weighted by molar-refractivity contribution is -0.133. The Kier molecular flexibility index (Phi) is 6.77. The molecule has 0 unspecified atom stereocenters. The van der Waals surface area contributed by atoms with Crippen LogP contribution in [0.5, 0.6) is 23.0 Å². The molecule has 2 aliphatic rings. The SMILES string of the molecule is COc1ccc2c(c1)Oc1ccccc1N=C2N1CCCN(C(=O)COc2ccc(Cl)cc2)CC1. The van der Waals surface area contributed by atoms with Gasteiger partial charge >= 0.3 is 0 Å². The molecule has 0 N–H and O–H groups in total. The van der Waals surface area contributed by atoms with Gasteiger partial charge in [0.2, 0.25) is 0 Å². The predicted molar refractivity (Wildman–Crippen MR) is 135 cm³/mol. The summed E-state index contributed by atoms with van der Waals surface area (Å²) in [7, 11) is 1.64. The van der Waals surface area contributed by atoms with Gasteiger partial charge in [-0.2, -0.15) is 0 Å². The van der Waals surface area contributed by atoms with E-state index in [1.54, 1.807) is 31.4 Å². The Morgan fingerprint density at radius 1 is 0.971 bits per heavy atom. The molecule has 0 aliphatic carbocycles. The van der Waals surface area contributed by atoms with Gasteiger partial charge in [-0.3, -0.25) is 4.79 Å². The van der Waals surface area contributed by atoms with Crippen molar-refractivity contribution in [2.75, 3.05) is 39.9 Å². The van der Waals surface area contributed by atoms with Crippen LogP contribution in [-0.4, -0.2) is 61.4 Å². The summed E-state index contributed by atoms with van der Waals surface area (Å²) >= 11 is 5.92. The highest BCUT2D eigenvalue weighted by atomic mass is 35.5. The van der Waals surface area contributed by atoms with Crippen LogP contribution in [0.4, 0.5) is 5.69 Å². The maximum atomic E-state index is 12.9. The molecule has 0 radical (unpaired) electrons. The van der Waals surface area contributed by atoms with Crippen molar-refractivity contribution in [1.82, 2.24) is 9.80 Å². The number of halogens is 1. The molecule has 1 amide bonds. The summed E-state index contributed by atoms with van der Waals surface area (Å²) in [6.45, 7) is 2.66. The third kappa shape index (κ3) is 5.20. The number of hydrogen-bond acceptors (Lipinski definition) is 6. The number of methoxy groups -OCH3 is 1. The first-order valence-corrected chi connectivity index (χ1v) is 11.9. The number of amidine groups is 1. The fourth-order valence-electron chi connectivity index (χ4n) is 4.21. The second-order valence-corrected chi connectivity index (χ2v) is 8.77. The van der Waals surface area contributed by atoms with Crippen molar-refractivity contribution in [1.29, 1.82) is 0 Å². The number of amides is 1. The highest BCUT2D eigenvalue weighted by Crippen LogP contribution is 2.39. The van der Waals surface area contributed by atoms with Crippen molar-refractivity contribution in [2.24, 2.45) is 4.99 Å². The molecular formula is C27H26ClN3O4. The summed E-state index contributed by atoms with van der Waals surface area (Å²) in [5, 5.41) is 0.630. The molecule has 0 bridgehead atoms. The molecule has 0 atom stereocenters. The number of hydrogen-bond donors (Lipinski definition) is 0. The minimum atomic E-state index is -0.0385. The second kappa shape index (κ2) is 10.3. The molecule has 3 aromatic rings. The smallest absolute Gasteiger partial charge is 0.260 e. The van der Waals surface area contributed by atoms with Gasteiger partial charge in [-0.1, -0.05) is 23.7 Å². The van der Waals surface area contributed by atoms with E-state index in [0.717, 1.165) is 35.8 Å². The van der Waals surface area contributed by atoms with E-state index in [-0.39, 0.29) is 12.5 Å². The number of ether oxygens (including phenoxy) is 3. The average Bonchev–Trinajstić information content (AvgIpc) is 3.22. The van der Waals surface area contributed by atoms with E-state index in [2.05, 4.69) is 4.90 Å². The third-order valence-electron chi connectivity index (χ3n) is 6.07. The fourth-order valence-corrected chi connectivity index (χ4v) is 4.34. The van der Waals surface area contributed by atoms with Crippen molar-refractivity contribution < 1.29 is 19.0 Å². The van der Waals surface area contributed by atoms with Gasteiger partial charge in [-0.05, 0) is 55.0 Å². The molecule has 5 rings (SSSR count). The highest BCUT2D eigenvalue weighted by molar-refractivity contribution is 6.30. The Labute approximate surface area is 209 Å². The molecule has 0 saturated carbocycles. The molecule has 180 valence electrons. The van der Waals surface area contributed by atoms with Crippen LogP contribution < -0.4 is 14.2 Å². The number of nitrogens with zero attached hydrogens (tertiary/aromatic N) is 3. The normalized spacial score (nSPS) is 15.1. The van der Waals surface area contributed by atoms with Crippen LogP contribution in [0, 0.1) is 0 Å². The zero-order valence-corrected chi connectivity index (χ0v) is 20.2. The van der Waals surface area contributed by atoms with Crippen molar-refractivity contribution in [3.63, 3.8) is 0 Å². The van der Waals surface area contributed by atoms with Gasteiger partial charge in [0.1, 0.15) is 28.8 Å². The molecular weight excluding hydrogens is 466 g/mol. The molecule has 0 spiro atoms. The number of para-hydroxylation sites is 2. The fraction of sp³-hybridized carbons (Fsp3) is 0.259. The topological polar surface area (TPSA) is 63.6 Å². The van der Waals surface area contributed by atoms with Crippen LogP contribution in [0.3, 0.4) is 0 Å². The Morgan fingerprint density at radius 2 is 1.77 bits per heavy atom. The van der Waals surface area contributed by atoms with Gasteiger partial charge < -0.3 is 24.0 Å². The standard InChI is InChI=1S/C27H26ClN3O4/c1-33-21-11-12-22-25(17-21)35-24-6-3-2-5-23(24)29-27(22)31-14-4-13-30(15-16-31)26(32)18-34-20-9-7-19(28)8-10-20/h2-3,5-12,17H,4,13-16,18H2,1H3. The molecule has 2 aliphatic heterocycles. The summed E-state index contributed by atoms with van der Waals surface area (Å²) in [6, 6.07) is 20.5. The number of fused-ring (bicyclic) bond motifs is 2. The first-order chi connectivity index (χ1) is 17.1. The maximum Gasteiger partial charge on any atom is 0.260 e. The Hall–Kier alpha value is -3.71. The van der Waals surface area contributed by atoms with Crippen molar-refractivity contribution in [3.05, 3.63) is 77.3 Å².